The number of carbonyl (C=O) groups excluding carboxylic acids is 9. The molecular weight excluding hydrogens is 1710 g/mol. The summed E-state index contributed by atoms with van der Waals surface area (Å²) in [5.41, 5.74) is 3.55. The molecule has 18 atom stereocenters. The molecule has 662 valence electrons. The zero-order valence-corrected chi connectivity index (χ0v) is 69.7. The van der Waals surface area contributed by atoms with Gasteiger partial charge in [-0.25, -0.2) is 10.3 Å². The van der Waals surface area contributed by atoms with Gasteiger partial charge in [-0.05, 0) is 139 Å². The molecule has 0 saturated carbocycles. The number of anilines is 1. The predicted molar refractivity (Wildman–Crippen MR) is 438 cm³/mol. The fraction of sp³-hybridized carbons (Fsp3) is 0.395. The number of likely N-dealkylation sites (N-methyl/N-ethyl adjacent to an activating group) is 1. The number of aliphatic hydroxyl groups excluding tert-OH is 6. The zero-order chi connectivity index (χ0) is 89.8. The third-order valence-corrected chi connectivity index (χ3v) is 22.7. The molecule has 14 rings (SSSR count). The lowest BCUT2D eigenvalue weighted by Crippen LogP contribution is -2.65. The highest BCUT2D eigenvalue weighted by Crippen LogP contribution is 2.50. The van der Waals surface area contributed by atoms with Crippen molar-refractivity contribution in [1.82, 2.24) is 57.6 Å². The van der Waals surface area contributed by atoms with Crippen LogP contribution < -0.4 is 79.0 Å². The molecule has 0 radical (unpaired) electrons. The van der Waals surface area contributed by atoms with Gasteiger partial charge in [0.2, 0.25) is 59.3 Å². The highest BCUT2D eigenvalue weighted by Gasteiger charge is 2.52. The number of fused-ring (bicyclic) bond motifs is 15. The number of nitrogens with zero attached hydrogens (tertiary/aromatic N) is 2. The molecular formula is C81H89Cl4N13O26. The number of carbonyl (C=O) groups is 9. The summed E-state index contributed by atoms with van der Waals surface area (Å²) < 4.78 is 40.6. The zero-order valence-electron chi connectivity index (χ0n) is 66.7. The molecule has 2 fully saturated rings. The number of aromatic nitrogens is 2. The summed E-state index contributed by atoms with van der Waals surface area (Å²) in [4.78, 5) is 155. The van der Waals surface area contributed by atoms with Gasteiger partial charge in [-0.15, -0.1) is 0 Å². The Labute approximate surface area is 725 Å². The molecule has 0 spiro atoms. The number of primary amides is 1. The van der Waals surface area contributed by atoms with Gasteiger partial charge in [0, 0.05) is 48.4 Å². The number of nitrogens with two attached hydrogens (primary N) is 1. The van der Waals surface area contributed by atoms with Gasteiger partial charge in [0.05, 0.1) is 64.9 Å². The van der Waals surface area contributed by atoms with Gasteiger partial charge in [0.1, 0.15) is 101 Å². The highest BCUT2D eigenvalue weighted by atomic mass is 35.5. The summed E-state index contributed by atoms with van der Waals surface area (Å²) in [7, 11) is 2.50. The fourth-order valence-electron chi connectivity index (χ4n) is 15.0. The average Bonchev–Trinajstić information content (AvgIpc) is 0.763. The number of phenols is 3. The Hall–Kier alpha value is -11.1. The van der Waals surface area contributed by atoms with Crippen LogP contribution in [0, 0.1) is 5.92 Å². The monoisotopic (exact) mass is 1800 g/mol. The van der Waals surface area contributed by atoms with E-state index in [1.54, 1.807) is 13.0 Å². The SMILES string of the molecule is CNC(CC(C)C)C(=O)NC1C(=O)NC(CC(N)=O)C(=O)NC2C(=O)NC3C(=O)NC(C(=O)N[C@@H](C(=O)NOC)c4cc(O)cc(O)c4-c4cc3ccc4O)C(O)c3ccc(c(Cl)c3)Oc3cc2cc(c3OC2OC(CO)C(O)C(O)C2OC2C[C@@](C)(NCCn3ccc(NC(=O)Cc4ccc(Cl)c(Cl)c4)nc3=O)C(O)C(C)O2)Oc2ccc(cc2Cl)C1O. The Morgan fingerprint density at radius 1 is 0.702 bits per heavy atom. The molecule has 2 saturated heterocycles. The molecule has 1 aromatic heterocycles. The lowest BCUT2D eigenvalue weighted by atomic mass is 9.85. The number of phenolic OH excluding ortho intramolecular Hbond substituents is 3. The number of hydrogen-bond acceptors (Lipinski definition) is 29. The number of aromatic hydroxyl groups is 3. The van der Waals surface area contributed by atoms with Crippen molar-refractivity contribution in [3.8, 4) is 57.1 Å². The number of hydrogen-bond donors (Lipinski definition) is 20. The first-order chi connectivity index (χ1) is 58.8. The van der Waals surface area contributed by atoms with E-state index in [0.717, 1.165) is 73.8 Å². The standard InChI is InChI=1S/C81H89Cl4N13O26/c1-32(2)19-46(87-5)72(110)95-63-65(105)36-9-13-50(44(84)23-36)120-52-25-38-26-53(69(52)124-79-70(68(108)67(107)54(31-99)122-79)123-58-30-81(4,71(109)33(3)119-58)88-16-18-98-17-15-56(91-80(98)117)90-57(104)21-34-7-11-42(82)43(83)20-34)121-51-14-10-37(24-45(51)85)66(106)64-77(115)94-62(78(116)97-118-6)41-27-39(100)28-49(102)59(41)40-22-35(8-12-48(40)101)60(74(112)96-64)93-75(113)61(38)92-73(111)47(29-55(86)103)89-76(63)114/h7-15,17,20,22-28,32-33,46-47,54,58,60-68,70-71,79,87-88,99-102,105-109H,16,18-19,21,29-31H2,1-6H3,(H2,86,103)(H,89,114)(H,92,111)(H,93,113)(H,94,115)(H,95,110)(H,96,112)(H,97,116)(H,90,91,104,117)/t33?,46?,47?,54?,58?,60?,61?,62-,63?,64?,65?,66?,67?,68?,70?,71?,79?,81-/m1/s1. The highest BCUT2D eigenvalue weighted by molar-refractivity contribution is 6.42. The summed E-state index contributed by atoms with van der Waals surface area (Å²) in [5.74, 6) is -16.1. The van der Waals surface area contributed by atoms with Gasteiger partial charge in [-0.3, -0.25) is 52.6 Å². The normalized spacial score (nSPS) is 26.1. The third kappa shape index (κ3) is 20.6. The van der Waals surface area contributed by atoms with Crippen molar-refractivity contribution in [2.45, 2.75) is 169 Å². The topological polar surface area (TPSA) is 582 Å². The largest absolute Gasteiger partial charge is 0.508 e. The summed E-state index contributed by atoms with van der Waals surface area (Å²) >= 11 is 26.5. The molecule has 11 bridgehead atoms. The van der Waals surface area contributed by atoms with E-state index in [4.69, 9.17) is 85.4 Å². The molecule has 16 unspecified atom stereocenters. The molecule has 6 aromatic carbocycles. The van der Waals surface area contributed by atoms with Crippen molar-refractivity contribution < 1.29 is 122 Å². The van der Waals surface area contributed by atoms with Crippen molar-refractivity contribution in [2.24, 2.45) is 11.7 Å². The first-order valence-electron chi connectivity index (χ1n) is 38.7. The molecule has 8 heterocycles. The van der Waals surface area contributed by atoms with Gasteiger partial charge in [-0.1, -0.05) is 84.5 Å². The van der Waals surface area contributed by atoms with Crippen LogP contribution in [0.25, 0.3) is 11.1 Å². The minimum atomic E-state index is -2.39. The summed E-state index contributed by atoms with van der Waals surface area (Å²) in [5, 5.41) is 130. The molecule has 39 nitrogen and oxygen atoms in total. The number of aliphatic hydroxyl groups is 6. The first kappa shape index (κ1) is 92.1. The molecule has 7 aromatic rings. The Kier molecular flexibility index (Phi) is 29.0. The minimum absolute atomic E-state index is 0.0396. The molecule has 9 amide bonds. The van der Waals surface area contributed by atoms with E-state index in [1.807, 2.05) is 13.8 Å². The van der Waals surface area contributed by atoms with Gasteiger partial charge >= 0.3 is 5.69 Å². The van der Waals surface area contributed by atoms with Crippen LogP contribution in [-0.4, -0.2) is 215 Å². The second-order valence-corrected chi connectivity index (χ2v) is 32.3. The van der Waals surface area contributed by atoms with E-state index in [9.17, 15) is 69.9 Å². The molecule has 124 heavy (non-hydrogen) atoms. The average molecular weight is 1800 g/mol. The van der Waals surface area contributed by atoms with Crippen molar-refractivity contribution in [3.05, 3.63) is 173 Å². The number of halogens is 4. The van der Waals surface area contributed by atoms with Gasteiger partial charge in [0.15, 0.2) is 23.9 Å². The number of amides is 9. The maximum Gasteiger partial charge on any atom is 0.349 e. The number of ether oxygens (including phenoxy) is 6. The molecule has 21 N–H and O–H groups in total. The Bertz CT molecular complexity index is 5350. The predicted octanol–water partition coefficient (Wildman–Crippen LogP) is 2.07. The van der Waals surface area contributed by atoms with Gasteiger partial charge < -0.3 is 128 Å². The minimum Gasteiger partial charge on any atom is -0.508 e. The van der Waals surface area contributed by atoms with Crippen LogP contribution in [0.1, 0.15) is 111 Å². The van der Waals surface area contributed by atoms with Crippen LogP contribution >= 0.6 is 46.4 Å². The first-order valence-corrected chi connectivity index (χ1v) is 40.2. The number of benzene rings is 6. The molecule has 7 aliphatic heterocycles. The second kappa shape index (κ2) is 39.0. The molecule has 43 heteroatoms. The maximum absolute atomic E-state index is 16.3. The van der Waals surface area contributed by atoms with Crippen molar-refractivity contribution in [3.63, 3.8) is 0 Å². The summed E-state index contributed by atoms with van der Waals surface area (Å²) in [6, 6.07) is 5.61. The van der Waals surface area contributed by atoms with Crippen molar-refractivity contribution >= 4 is 105 Å². The maximum atomic E-state index is 16.3. The van der Waals surface area contributed by atoms with E-state index in [0.29, 0.717) is 10.6 Å². The van der Waals surface area contributed by atoms with Crippen LogP contribution in [-0.2, 0) is 75.2 Å². The third-order valence-electron chi connectivity index (χ3n) is 21.3. The van der Waals surface area contributed by atoms with Crippen molar-refractivity contribution in [1.29, 1.82) is 0 Å². The smallest absolute Gasteiger partial charge is 0.349 e. The lowest BCUT2D eigenvalue weighted by molar-refractivity contribution is -0.334. The van der Waals surface area contributed by atoms with Crippen LogP contribution in [0.2, 0.25) is 20.1 Å². The summed E-state index contributed by atoms with van der Waals surface area (Å²) in [6.07, 6.45) is -18.3. The number of nitrogens with one attached hydrogen (secondary N) is 10. The van der Waals surface area contributed by atoms with Crippen molar-refractivity contribution in [2.75, 3.05) is 32.6 Å². The second-order valence-electron chi connectivity index (χ2n) is 30.6. The van der Waals surface area contributed by atoms with Crippen LogP contribution in [0.15, 0.2) is 114 Å². The van der Waals surface area contributed by atoms with E-state index in [2.05, 4.69) is 58.3 Å². The van der Waals surface area contributed by atoms with Crippen LogP contribution in [0.4, 0.5) is 5.82 Å². The van der Waals surface area contributed by atoms with Crippen LogP contribution in [0.3, 0.4) is 0 Å². The van der Waals surface area contributed by atoms with Gasteiger partial charge in [0.25, 0.3) is 5.91 Å². The van der Waals surface area contributed by atoms with Crippen LogP contribution in [0.5, 0.6) is 46.0 Å². The van der Waals surface area contributed by atoms with Gasteiger partial charge in [-0.2, -0.15) is 4.98 Å². The Morgan fingerprint density at radius 3 is 1.98 bits per heavy atom. The van der Waals surface area contributed by atoms with E-state index >= 15 is 24.0 Å². The lowest BCUT2D eigenvalue weighted by Gasteiger charge is -2.48. The Balaban J connectivity index is 0.997. The van der Waals surface area contributed by atoms with E-state index in [-0.39, 0.29) is 71.6 Å². The van der Waals surface area contributed by atoms with E-state index < -0.39 is 254 Å². The quantitative estimate of drug-likeness (QED) is 0.0458. The Morgan fingerprint density at radius 2 is 1.35 bits per heavy atom. The molecule has 7 aliphatic rings. The number of hydroxylamine groups is 1. The fourth-order valence-corrected chi connectivity index (χ4v) is 15.7. The molecule has 0 aliphatic carbocycles. The van der Waals surface area contributed by atoms with E-state index in [1.165, 1.54) is 55.1 Å². The number of rotatable bonds is 21. The summed E-state index contributed by atoms with van der Waals surface area (Å²) in [6.45, 7) is 5.58.